The van der Waals surface area contributed by atoms with E-state index in [-0.39, 0.29) is 40.1 Å². The van der Waals surface area contributed by atoms with Crippen molar-refractivity contribution in [2.24, 2.45) is 5.92 Å². The number of rotatable bonds is 7. The smallest absolute Gasteiger partial charge is 0.258 e. The fourth-order valence-corrected chi connectivity index (χ4v) is 1.99. The van der Waals surface area contributed by atoms with E-state index in [1.807, 2.05) is 0 Å². The highest BCUT2D eigenvalue weighted by Crippen LogP contribution is 2.33. The minimum atomic E-state index is -0.332. The molecule has 0 unspecified atom stereocenters. The Labute approximate surface area is 144 Å². The molecule has 5 nitrogen and oxygen atoms in total. The summed E-state index contributed by atoms with van der Waals surface area (Å²) in [5.41, 5.74) is 0. The van der Waals surface area contributed by atoms with Gasteiger partial charge >= 0.3 is 0 Å². The van der Waals surface area contributed by atoms with Gasteiger partial charge in [0.15, 0.2) is 6.61 Å². The average Bonchev–Trinajstić information content (AvgIpc) is 2.45. The van der Waals surface area contributed by atoms with Crippen molar-refractivity contribution in [1.29, 1.82) is 0 Å². The van der Waals surface area contributed by atoms with Crippen LogP contribution in [-0.2, 0) is 9.59 Å². The molecule has 0 saturated heterocycles. The van der Waals surface area contributed by atoms with Crippen LogP contribution in [0.2, 0.25) is 15.1 Å². The lowest BCUT2D eigenvalue weighted by Crippen LogP contribution is -2.38. The largest absolute Gasteiger partial charge is 0.482 e. The Kier molecular flexibility index (Phi) is 7.79. The quantitative estimate of drug-likeness (QED) is 0.575. The number of carbonyl (C=O) groups excluding carboxylic acids is 2. The average molecular weight is 368 g/mol. The van der Waals surface area contributed by atoms with Gasteiger partial charge in [-0.05, 0) is 6.07 Å². The molecule has 2 amide bonds. The van der Waals surface area contributed by atoms with Crippen LogP contribution < -0.4 is 15.4 Å². The van der Waals surface area contributed by atoms with Crippen molar-refractivity contribution in [1.82, 2.24) is 10.6 Å². The lowest BCUT2D eigenvalue weighted by atomic mass is 10.2. The molecule has 2 N–H and O–H groups in total. The van der Waals surface area contributed by atoms with Gasteiger partial charge in [-0.15, -0.1) is 0 Å². The maximum atomic E-state index is 11.6. The molecule has 0 bridgehead atoms. The summed E-state index contributed by atoms with van der Waals surface area (Å²) < 4.78 is 5.28. The third-order valence-corrected chi connectivity index (χ3v) is 3.62. The molecule has 1 aromatic carbocycles. The summed E-state index contributed by atoms with van der Waals surface area (Å²) in [7, 11) is 0. The number of amides is 2. The molecular weight excluding hydrogens is 351 g/mol. The summed E-state index contributed by atoms with van der Waals surface area (Å²) in [6, 6.07) is 2.89. The van der Waals surface area contributed by atoms with Crippen molar-refractivity contribution in [3.8, 4) is 5.75 Å². The summed E-state index contributed by atoms with van der Waals surface area (Å²) in [5.74, 6) is -0.204. The number of carbonyl (C=O) groups is 2. The highest BCUT2D eigenvalue weighted by Gasteiger charge is 2.10. The Morgan fingerprint density at radius 3 is 2.27 bits per heavy atom. The highest BCUT2D eigenvalue weighted by molar-refractivity contribution is 6.43. The normalized spacial score (nSPS) is 10.5. The van der Waals surface area contributed by atoms with Crippen molar-refractivity contribution < 1.29 is 14.3 Å². The predicted molar refractivity (Wildman–Crippen MR) is 87.8 cm³/mol. The van der Waals surface area contributed by atoms with Crippen LogP contribution in [0.4, 0.5) is 0 Å². The van der Waals surface area contributed by atoms with Gasteiger partial charge in [0.05, 0.1) is 15.1 Å². The van der Waals surface area contributed by atoms with Crippen molar-refractivity contribution in [3.05, 3.63) is 27.2 Å². The van der Waals surface area contributed by atoms with Gasteiger partial charge in [-0.3, -0.25) is 9.59 Å². The van der Waals surface area contributed by atoms with E-state index in [1.54, 1.807) is 13.8 Å². The van der Waals surface area contributed by atoms with Crippen LogP contribution in [0.3, 0.4) is 0 Å². The number of halogens is 3. The third-order valence-electron chi connectivity index (χ3n) is 2.60. The zero-order chi connectivity index (χ0) is 16.7. The van der Waals surface area contributed by atoms with E-state index in [4.69, 9.17) is 39.5 Å². The van der Waals surface area contributed by atoms with Crippen LogP contribution in [0.1, 0.15) is 13.8 Å². The first-order valence-electron chi connectivity index (χ1n) is 6.63. The summed E-state index contributed by atoms with van der Waals surface area (Å²) in [6.07, 6.45) is 0. The van der Waals surface area contributed by atoms with Crippen LogP contribution >= 0.6 is 34.8 Å². The van der Waals surface area contributed by atoms with Crippen molar-refractivity contribution >= 4 is 46.6 Å². The van der Waals surface area contributed by atoms with Crippen molar-refractivity contribution in [2.45, 2.75) is 13.8 Å². The zero-order valence-electron chi connectivity index (χ0n) is 12.2. The van der Waals surface area contributed by atoms with Crippen LogP contribution in [0.15, 0.2) is 12.1 Å². The van der Waals surface area contributed by atoms with E-state index >= 15 is 0 Å². The first-order chi connectivity index (χ1) is 10.3. The van der Waals surface area contributed by atoms with Gasteiger partial charge in [-0.25, -0.2) is 0 Å². The molecule has 0 aliphatic carbocycles. The Hall–Kier alpha value is -1.17. The minimum absolute atomic E-state index is 0.0620. The molecule has 0 aliphatic rings. The van der Waals surface area contributed by atoms with Crippen molar-refractivity contribution in [3.63, 3.8) is 0 Å². The Morgan fingerprint density at radius 2 is 1.64 bits per heavy atom. The Balaban J connectivity index is 2.32. The van der Waals surface area contributed by atoms with E-state index in [1.165, 1.54) is 12.1 Å². The van der Waals surface area contributed by atoms with E-state index in [0.29, 0.717) is 18.1 Å². The Bertz CT molecular complexity index is 550. The monoisotopic (exact) mass is 366 g/mol. The molecule has 22 heavy (non-hydrogen) atoms. The van der Waals surface area contributed by atoms with Gasteiger partial charge in [0.1, 0.15) is 5.75 Å². The highest BCUT2D eigenvalue weighted by atomic mass is 35.5. The van der Waals surface area contributed by atoms with E-state index in [0.717, 1.165) is 0 Å². The molecular formula is C14H17Cl3N2O3. The molecule has 0 aromatic heterocycles. The minimum Gasteiger partial charge on any atom is -0.482 e. The van der Waals surface area contributed by atoms with E-state index in [2.05, 4.69) is 10.6 Å². The van der Waals surface area contributed by atoms with Crippen LogP contribution in [0.25, 0.3) is 0 Å². The van der Waals surface area contributed by atoms with Crippen LogP contribution in [0.5, 0.6) is 5.75 Å². The Morgan fingerprint density at radius 1 is 1.05 bits per heavy atom. The first kappa shape index (κ1) is 18.9. The summed E-state index contributed by atoms with van der Waals surface area (Å²) in [6.45, 7) is 4.05. The lowest BCUT2D eigenvalue weighted by molar-refractivity contribution is -0.125. The topological polar surface area (TPSA) is 67.4 Å². The molecule has 0 fully saturated rings. The molecule has 1 aromatic rings. The number of ether oxygens (including phenoxy) is 1. The zero-order valence-corrected chi connectivity index (χ0v) is 14.5. The van der Waals surface area contributed by atoms with Gasteiger partial charge in [-0.1, -0.05) is 48.7 Å². The second-order valence-corrected chi connectivity index (χ2v) is 6.00. The van der Waals surface area contributed by atoms with Gasteiger partial charge in [-0.2, -0.15) is 0 Å². The molecule has 122 valence electrons. The number of benzene rings is 1. The second-order valence-electron chi connectivity index (χ2n) is 4.78. The summed E-state index contributed by atoms with van der Waals surface area (Å²) >= 11 is 17.6. The summed E-state index contributed by atoms with van der Waals surface area (Å²) in [5, 5.41) is 6.17. The molecule has 0 atom stereocenters. The molecule has 0 saturated carbocycles. The fourth-order valence-electron chi connectivity index (χ4n) is 1.40. The van der Waals surface area contributed by atoms with Crippen molar-refractivity contribution in [2.75, 3.05) is 19.7 Å². The molecule has 0 radical (unpaired) electrons. The predicted octanol–water partition coefficient (Wildman–Crippen LogP) is 2.91. The molecule has 0 aliphatic heterocycles. The number of hydrogen-bond acceptors (Lipinski definition) is 3. The van der Waals surface area contributed by atoms with Gasteiger partial charge in [0, 0.05) is 25.1 Å². The number of nitrogens with one attached hydrogen (secondary N) is 2. The lowest BCUT2D eigenvalue weighted by Gasteiger charge is -2.11. The van der Waals surface area contributed by atoms with E-state index < -0.39 is 0 Å². The summed E-state index contributed by atoms with van der Waals surface area (Å²) in [4.78, 5) is 22.9. The van der Waals surface area contributed by atoms with Gasteiger partial charge in [0.25, 0.3) is 5.91 Å². The molecule has 0 spiro atoms. The SMILES string of the molecule is CC(C)C(=O)NCCNC(=O)COc1cc(Cl)c(Cl)cc1Cl. The second kappa shape index (κ2) is 9.08. The van der Waals surface area contributed by atoms with Crippen LogP contribution in [0, 0.1) is 5.92 Å². The molecule has 1 rings (SSSR count). The standard InChI is InChI=1S/C14H17Cl3N2O3/c1-8(2)14(21)19-4-3-18-13(20)7-22-12-6-10(16)9(15)5-11(12)17/h5-6,8H,3-4,7H2,1-2H3,(H,18,20)(H,19,21). The molecule has 0 heterocycles. The first-order valence-corrected chi connectivity index (χ1v) is 7.76. The van der Waals surface area contributed by atoms with E-state index in [9.17, 15) is 9.59 Å². The van der Waals surface area contributed by atoms with Gasteiger partial charge in [0.2, 0.25) is 5.91 Å². The number of hydrogen-bond donors (Lipinski definition) is 2. The third kappa shape index (κ3) is 6.30. The maximum absolute atomic E-state index is 11.6. The van der Waals surface area contributed by atoms with Crippen LogP contribution in [-0.4, -0.2) is 31.5 Å². The maximum Gasteiger partial charge on any atom is 0.258 e. The molecule has 8 heteroatoms. The van der Waals surface area contributed by atoms with Gasteiger partial charge < -0.3 is 15.4 Å². The fraction of sp³-hybridized carbons (Fsp3) is 0.429.